The Morgan fingerprint density at radius 1 is 1.32 bits per heavy atom. The van der Waals surface area contributed by atoms with E-state index in [-0.39, 0.29) is 5.92 Å². The van der Waals surface area contributed by atoms with Gasteiger partial charge in [-0.15, -0.1) is 0 Å². The van der Waals surface area contributed by atoms with Gasteiger partial charge in [0, 0.05) is 31.7 Å². The lowest BCUT2D eigenvalue weighted by atomic mass is 9.88. The molecule has 2 rings (SSSR count). The van der Waals surface area contributed by atoms with Crippen LogP contribution in [0.2, 0.25) is 5.02 Å². The molecule has 1 atom stereocenters. The van der Waals surface area contributed by atoms with Crippen LogP contribution in [0.4, 0.5) is 0 Å². The lowest BCUT2D eigenvalue weighted by Gasteiger charge is -2.35. The molecule has 1 aliphatic rings. The van der Waals surface area contributed by atoms with E-state index in [0.717, 1.165) is 5.56 Å². The summed E-state index contributed by atoms with van der Waals surface area (Å²) in [6, 6.07) is 7.16. The van der Waals surface area contributed by atoms with Crippen LogP contribution in [0, 0.1) is 5.92 Å². The van der Waals surface area contributed by atoms with Crippen LogP contribution in [0.5, 0.6) is 0 Å². The monoisotopic (exact) mass is 346 g/mol. The number of piperidine rings is 1. The molecule has 124 valence electrons. The Bertz CT molecular complexity index is 583. The minimum Gasteiger partial charge on any atom is -0.388 e. The zero-order valence-electron chi connectivity index (χ0n) is 12.9. The van der Waals surface area contributed by atoms with E-state index in [0.29, 0.717) is 37.5 Å². The molecule has 0 amide bonds. The maximum atomic E-state index is 12.3. The summed E-state index contributed by atoms with van der Waals surface area (Å²) in [5, 5.41) is 11.1. The van der Waals surface area contributed by atoms with E-state index in [9.17, 15) is 13.5 Å². The predicted octanol–water partition coefficient (Wildman–Crippen LogP) is 2.28. The van der Waals surface area contributed by atoms with Crippen molar-refractivity contribution in [1.29, 1.82) is 0 Å². The van der Waals surface area contributed by atoms with Gasteiger partial charge in [0.2, 0.25) is 0 Å². The molecule has 1 fully saturated rings. The van der Waals surface area contributed by atoms with Crippen LogP contribution >= 0.6 is 11.6 Å². The van der Waals surface area contributed by atoms with Crippen LogP contribution in [0.15, 0.2) is 24.3 Å². The average molecular weight is 347 g/mol. The first-order chi connectivity index (χ1) is 10.4. The molecule has 0 unspecified atom stereocenters. The summed E-state index contributed by atoms with van der Waals surface area (Å²) in [7, 11) is -1.78. The van der Waals surface area contributed by atoms with Gasteiger partial charge in [-0.25, -0.2) is 0 Å². The van der Waals surface area contributed by atoms with Crippen molar-refractivity contribution in [2.75, 3.05) is 26.7 Å². The van der Waals surface area contributed by atoms with Crippen LogP contribution in [0.3, 0.4) is 0 Å². The van der Waals surface area contributed by atoms with Gasteiger partial charge in [0.1, 0.15) is 0 Å². The van der Waals surface area contributed by atoms with Gasteiger partial charge in [-0.1, -0.05) is 30.7 Å². The Hall–Kier alpha value is -0.660. The molecule has 0 aromatic heterocycles. The lowest BCUT2D eigenvalue weighted by molar-refractivity contribution is 0.0751. The van der Waals surface area contributed by atoms with E-state index in [1.54, 1.807) is 19.2 Å². The molecule has 5 nitrogen and oxygen atoms in total. The highest BCUT2D eigenvalue weighted by molar-refractivity contribution is 7.86. The summed E-state index contributed by atoms with van der Waals surface area (Å²) in [5.41, 5.74) is 0.830. The van der Waals surface area contributed by atoms with Crippen molar-refractivity contribution < 1.29 is 13.5 Å². The topological polar surface area (TPSA) is 60.9 Å². The fourth-order valence-corrected chi connectivity index (χ4v) is 4.23. The SMILES string of the molecule is CCN(C)S(=O)(=O)N1CCC([C@H](O)c2ccc(Cl)cc2)CC1. The molecule has 1 aliphatic heterocycles. The molecule has 1 aromatic carbocycles. The Balaban J connectivity index is 1.98. The summed E-state index contributed by atoms with van der Waals surface area (Å²) in [6.07, 6.45) is 0.729. The molecule has 0 spiro atoms. The number of nitrogens with zero attached hydrogens (tertiary/aromatic N) is 2. The van der Waals surface area contributed by atoms with E-state index < -0.39 is 16.3 Å². The van der Waals surface area contributed by atoms with Gasteiger partial charge >= 0.3 is 0 Å². The Kier molecular flexibility index (Phi) is 5.85. The number of halogens is 1. The summed E-state index contributed by atoms with van der Waals surface area (Å²) in [4.78, 5) is 0. The molecule has 22 heavy (non-hydrogen) atoms. The second-order valence-corrected chi connectivity index (χ2v) is 8.13. The maximum absolute atomic E-state index is 12.3. The molecule has 0 saturated carbocycles. The highest BCUT2D eigenvalue weighted by Gasteiger charge is 2.33. The first kappa shape index (κ1) is 17.7. The first-order valence-corrected chi connectivity index (χ1v) is 9.28. The highest BCUT2D eigenvalue weighted by atomic mass is 35.5. The first-order valence-electron chi connectivity index (χ1n) is 7.51. The molecule has 0 aliphatic carbocycles. The Labute approximate surface area is 137 Å². The minimum atomic E-state index is -3.36. The van der Waals surface area contributed by atoms with Gasteiger partial charge < -0.3 is 5.11 Å². The molecular weight excluding hydrogens is 324 g/mol. The summed E-state index contributed by atoms with van der Waals surface area (Å²) in [5.74, 6) is 0.0690. The molecular formula is C15H23ClN2O3S. The predicted molar refractivity (Wildman–Crippen MR) is 87.9 cm³/mol. The van der Waals surface area contributed by atoms with Crippen molar-refractivity contribution >= 4 is 21.8 Å². The van der Waals surface area contributed by atoms with Crippen molar-refractivity contribution in [3.05, 3.63) is 34.9 Å². The third kappa shape index (κ3) is 3.81. The molecule has 1 aromatic rings. The standard InChI is InChI=1S/C15H23ClN2O3S/c1-3-17(2)22(20,21)18-10-8-13(9-11-18)15(19)12-4-6-14(16)7-5-12/h4-7,13,15,19H,3,8-11H2,1-2H3/t15-/m1/s1. The second kappa shape index (κ2) is 7.27. The van der Waals surface area contributed by atoms with Crippen molar-refractivity contribution in [2.24, 2.45) is 5.92 Å². The normalized spacial score (nSPS) is 19.5. The molecule has 0 bridgehead atoms. The molecule has 1 saturated heterocycles. The van der Waals surface area contributed by atoms with Crippen LogP contribution in [-0.2, 0) is 10.2 Å². The molecule has 1 N–H and O–H groups in total. The Morgan fingerprint density at radius 3 is 2.36 bits per heavy atom. The number of hydrogen-bond donors (Lipinski definition) is 1. The van der Waals surface area contributed by atoms with Crippen molar-refractivity contribution in [2.45, 2.75) is 25.9 Å². The third-order valence-electron chi connectivity index (χ3n) is 4.32. The fraction of sp³-hybridized carbons (Fsp3) is 0.600. The zero-order chi connectivity index (χ0) is 16.3. The minimum absolute atomic E-state index is 0.0690. The smallest absolute Gasteiger partial charge is 0.281 e. The second-order valence-electron chi connectivity index (χ2n) is 5.65. The van der Waals surface area contributed by atoms with E-state index in [2.05, 4.69) is 0 Å². The van der Waals surface area contributed by atoms with Crippen molar-refractivity contribution in [3.63, 3.8) is 0 Å². The molecule has 0 radical (unpaired) electrons. The quantitative estimate of drug-likeness (QED) is 0.889. The van der Waals surface area contributed by atoms with Crippen molar-refractivity contribution in [3.8, 4) is 0 Å². The summed E-state index contributed by atoms with van der Waals surface area (Å²) < 4.78 is 27.4. The van der Waals surface area contributed by atoms with Gasteiger partial charge in [-0.2, -0.15) is 17.0 Å². The highest BCUT2D eigenvalue weighted by Crippen LogP contribution is 2.32. The number of aliphatic hydroxyl groups is 1. The van der Waals surface area contributed by atoms with Gasteiger partial charge in [0.15, 0.2) is 0 Å². The van der Waals surface area contributed by atoms with Gasteiger partial charge in [-0.3, -0.25) is 0 Å². The summed E-state index contributed by atoms with van der Waals surface area (Å²) >= 11 is 5.86. The molecule has 7 heteroatoms. The average Bonchev–Trinajstić information content (AvgIpc) is 2.54. The van der Waals surface area contributed by atoms with Crippen molar-refractivity contribution in [1.82, 2.24) is 8.61 Å². The number of rotatable bonds is 5. The Morgan fingerprint density at radius 2 is 1.86 bits per heavy atom. The lowest BCUT2D eigenvalue weighted by Crippen LogP contribution is -2.46. The third-order valence-corrected chi connectivity index (χ3v) is 6.64. The van der Waals surface area contributed by atoms with Crippen LogP contribution in [0.25, 0.3) is 0 Å². The number of aliphatic hydroxyl groups excluding tert-OH is 1. The zero-order valence-corrected chi connectivity index (χ0v) is 14.5. The van der Waals surface area contributed by atoms with Crippen LogP contribution < -0.4 is 0 Å². The van der Waals surface area contributed by atoms with E-state index in [4.69, 9.17) is 11.6 Å². The van der Waals surface area contributed by atoms with E-state index in [1.165, 1.54) is 8.61 Å². The van der Waals surface area contributed by atoms with Gasteiger partial charge in [-0.05, 0) is 36.5 Å². The summed E-state index contributed by atoms with van der Waals surface area (Å²) in [6.45, 7) is 3.16. The van der Waals surface area contributed by atoms with E-state index in [1.807, 2.05) is 19.1 Å². The van der Waals surface area contributed by atoms with E-state index >= 15 is 0 Å². The molecule has 1 heterocycles. The van der Waals surface area contributed by atoms with Gasteiger partial charge in [0.25, 0.3) is 10.2 Å². The number of hydrogen-bond acceptors (Lipinski definition) is 3. The van der Waals surface area contributed by atoms with Crippen LogP contribution in [-0.4, -0.2) is 48.8 Å². The van der Waals surface area contributed by atoms with Crippen LogP contribution in [0.1, 0.15) is 31.4 Å². The maximum Gasteiger partial charge on any atom is 0.281 e. The number of benzene rings is 1. The van der Waals surface area contributed by atoms with Gasteiger partial charge in [0.05, 0.1) is 6.10 Å². The largest absolute Gasteiger partial charge is 0.388 e. The fourth-order valence-electron chi connectivity index (χ4n) is 2.71.